The van der Waals surface area contributed by atoms with Crippen LogP contribution in [0.3, 0.4) is 0 Å². The Morgan fingerprint density at radius 1 is 1.08 bits per heavy atom. The molecule has 0 unspecified atom stereocenters. The molecule has 0 aliphatic heterocycles. The van der Waals surface area contributed by atoms with Gasteiger partial charge in [-0.2, -0.15) is 5.10 Å². The first-order valence-corrected chi connectivity index (χ1v) is 8.18. The van der Waals surface area contributed by atoms with Crippen molar-refractivity contribution in [2.45, 2.75) is 13.8 Å². The molecule has 0 spiro atoms. The molecule has 26 heavy (non-hydrogen) atoms. The molecular weight excluding hydrogens is 330 g/mol. The number of anilines is 1. The van der Waals surface area contributed by atoms with Crippen LogP contribution >= 0.6 is 0 Å². The quantitative estimate of drug-likeness (QED) is 0.760. The molecule has 0 bridgehead atoms. The molecule has 0 atom stereocenters. The first kappa shape index (κ1) is 17.5. The highest BCUT2D eigenvalue weighted by molar-refractivity contribution is 6.05. The maximum absolute atomic E-state index is 12.7. The lowest BCUT2D eigenvalue weighted by molar-refractivity contribution is 0.102. The molecule has 1 amide bonds. The molecule has 3 rings (SSSR count). The van der Waals surface area contributed by atoms with Gasteiger partial charge in [0.1, 0.15) is 11.5 Å². The SMILES string of the molecule is COc1ccc(NC(=O)c2cnn(-c3cccc(C)c3)c2C)c(OC)c1. The highest BCUT2D eigenvalue weighted by Gasteiger charge is 2.17. The second kappa shape index (κ2) is 7.31. The molecule has 6 heteroatoms. The lowest BCUT2D eigenvalue weighted by Gasteiger charge is -2.11. The summed E-state index contributed by atoms with van der Waals surface area (Å²) < 4.78 is 12.3. The van der Waals surface area contributed by atoms with Crippen LogP contribution in [-0.4, -0.2) is 29.9 Å². The summed E-state index contributed by atoms with van der Waals surface area (Å²) in [4.78, 5) is 12.7. The Hall–Kier alpha value is -3.28. The molecule has 2 aromatic carbocycles. The van der Waals surface area contributed by atoms with Gasteiger partial charge < -0.3 is 14.8 Å². The molecule has 0 saturated carbocycles. The number of nitrogens with zero attached hydrogens (tertiary/aromatic N) is 2. The Balaban J connectivity index is 1.88. The smallest absolute Gasteiger partial charge is 0.259 e. The number of carbonyl (C=O) groups excluding carboxylic acids is 1. The van der Waals surface area contributed by atoms with Crippen molar-refractivity contribution in [3.8, 4) is 17.2 Å². The zero-order valence-electron chi connectivity index (χ0n) is 15.2. The predicted molar refractivity (Wildman–Crippen MR) is 101 cm³/mol. The van der Waals surface area contributed by atoms with Crippen LogP contribution in [0.5, 0.6) is 11.5 Å². The molecule has 0 aliphatic rings. The Morgan fingerprint density at radius 2 is 1.88 bits per heavy atom. The number of ether oxygens (including phenoxy) is 2. The van der Waals surface area contributed by atoms with E-state index in [1.54, 1.807) is 43.3 Å². The van der Waals surface area contributed by atoms with Crippen LogP contribution in [0, 0.1) is 13.8 Å². The van der Waals surface area contributed by atoms with Gasteiger partial charge in [0.25, 0.3) is 5.91 Å². The van der Waals surface area contributed by atoms with E-state index < -0.39 is 0 Å². The van der Waals surface area contributed by atoms with Gasteiger partial charge in [-0.05, 0) is 43.7 Å². The fourth-order valence-electron chi connectivity index (χ4n) is 2.74. The number of benzene rings is 2. The van der Waals surface area contributed by atoms with Gasteiger partial charge in [-0.3, -0.25) is 4.79 Å². The van der Waals surface area contributed by atoms with Gasteiger partial charge in [0.2, 0.25) is 0 Å². The summed E-state index contributed by atoms with van der Waals surface area (Å²) in [6, 6.07) is 13.2. The monoisotopic (exact) mass is 351 g/mol. The Kier molecular flexibility index (Phi) is 4.93. The van der Waals surface area contributed by atoms with Crippen LogP contribution in [0.2, 0.25) is 0 Å². The van der Waals surface area contributed by atoms with E-state index in [-0.39, 0.29) is 5.91 Å². The van der Waals surface area contributed by atoms with Gasteiger partial charge in [-0.1, -0.05) is 12.1 Å². The van der Waals surface area contributed by atoms with Crippen molar-refractivity contribution in [1.29, 1.82) is 0 Å². The fraction of sp³-hybridized carbons (Fsp3) is 0.200. The highest BCUT2D eigenvalue weighted by Crippen LogP contribution is 2.29. The van der Waals surface area contributed by atoms with Crippen LogP contribution in [0.4, 0.5) is 5.69 Å². The average molecular weight is 351 g/mol. The molecule has 0 aliphatic carbocycles. The van der Waals surface area contributed by atoms with Crippen LogP contribution in [0.1, 0.15) is 21.6 Å². The van der Waals surface area contributed by atoms with Crippen molar-refractivity contribution < 1.29 is 14.3 Å². The van der Waals surface area contributed by atoms with Crippen molar-refractivity contribution in [2.75, 3.05) is 19.5 Å². The van der Waals surface area contributed by atoms with E-state index in [4.69, 9.17) is 9.47 Å². The van der Waals surface area contributed by atoms with Crippen LogP contribution in [0.25, 0.3) is 5.69 Å². The molecule has 0 radical (unpaired) electrons. The summed E-state index contributed by atoms with van der Waals surface area (Å²) in [5.41, 5.74) is 3.89. The number of aromatic nitrogens is 2. The molecular formula is C20H21N3O3. The number of rotatable bonds is 5. The average Bonchev–Trinajstić information content (AvgIpc) is 3.03. The van der Waals surface area contributed by atoms with Gasteiger partial charge in [-0.15, -0.1) is 0 Å². The molecule has 1 N–H and O–H groups in total. The summed E-state index contributed by atoms with van der Waals surface area (Å²) in [5.74, 6) is 0.939. The van der Waals surface area contributed by atoms with Gasteiger partial charge in [0.05, 0.1) is 43.0 Å². The topological polar surface area (TPSA) is 65.4 Å². The normalized spacial score (nSPS) is 10.5. The number of amides is 1. The summed E-state index contributed by atoms with van der Waals surface area (Å²) >= 11 is 0. The maximum atomic E-state index is 12.7. The molecule has 1 aromatic heterocycles. The maximum Gasteiger partial charge on any atom is 0.259 e. The van der Waals surface area contributed by atoms with E-state index in [0.29, 0.717) is 22.7 Å². The molecule has 0 saturated heterocycles. The first-order chi connectivity index (χ1) is 12.5. The van der Waals surface area contributed by atoms with Crippen LogP contribution in [0.15, 0.2) is 48.7 Å². The third-order valence-corrected chi connectivity index (χ3v) is 4.16. The van der Waals surface area contributed by atoms with E-state index in [0.717, 1.165) is 16.9 Å². The summed E-state index contributed by atoms with van der Waals surface area (Å²) in [5, 5.41) is 7.24. The lowest BCUT2D eigenvalue weighted by Crippen LogP contribution is -2.14. The summed E-state index contributed by atoms with van der Waals surface area (Å²) in [6.07, 6.45) is 1.57. The number of methoxy groups -OCH3 is 2. The van der Waals surface area contributed by atoms with Crippen molar-refractivity contribution in [1.82, 2.24) is 9.78 Å². The molecule has 0 fully saturated rings. The fourth-order valence-corrected chi connectivity index (χ4v) is 2.74. The van der Waals surface area contributed by atoms with Gasteiger partial charge in [0, 0.05) is 6.07 Å². The Bertz CT molecular complexity index is 947. The minimum atomic E-state index is -0.245. The first-order valence-electron chi connectivity index (χ1n) is 8.18. The molecule has 134 valence electrons. The summed E-state index contributed by atoms with van der Waals surface area (Å²) in [6.45, 7) is 3.89. The van der Waals surface area contributed by atoms with E-state index >= 15 is 0 Å². The zero-order valence-corrected chi connectivity index (χ0v) is 15.2. The Morgan fingerprint density at radius 3 is 2.58 bits per heavy atom. The third kappa shape index (κ3) is 3.39. The van der Waals surface area contributed by atoms with Crippen molar-refractivity contribution in [3.05, 3.63) is 65.5 Å². The van der Waals surface area contributed by atoms with Gasteiger partial charge in [0.15, 0.2) is 0 Å². The lowest BCUT2D eigenvalue weighted by atomic mass is 10.2. The van der Waals surface area contributed by atoms with E-state index in [1.165, 1.54) is 0 Å². The van der Waals surface area contributed by atoms with Crippen LogP contribution < -0.4 is 14.8 Å². The largest absolute Gasteiger partial charge is 0.497 e. The van der Waals surface area contributed by atoms with Crippen molar-refractivity contribution in [2.24, 2.45) is 0 Å². The summed E-state index contributed by atoms with van der Waals surface area (Å²) in [7, 11) is 3.13. The van der Waals surface area contributed by atoms with Crippen LogP contribution in [-0.2, 0) is 0 Å². The number of carbonyl (C=O) groups is 1. The van der Waals surface area contributed by atoms with E-state index in [2.05, 4.69) is 10.4 Å². The molecule has 6 nitrogen and oxygen atoms in total. The van der Waals surface area contributed by atoms with E-state index in [9.17, 15) is 4.79 Å². The minimum Gasteiger partial charge on any atom is -0.497 e. The number of nitrogens with one attached hydrogen (secondary N) is 1. The number of hydrogen-bond donors (Lipinski definition) is 1. The second-order valence-electron chi connectivity index (χ2n) is 5.91. The number of aryl methyl sites for hydroxylation is 1. The Labute approximate surface area is 152 Å². The molecule has 3 aromatic rings. The van der Waals surface area contributed by atoms with Gasteiger partial charge in [-0.25, -0.2) is 4.68 Å². The van der Waals surface area contributed by atoms with Gasteiger partial charge >= 0.3 is 0 Å². The predicted octanol–water partition coefficient (Wildman–Crippen LogP) is 3.76. The number of hydrogen-bond acceptors (Lipinski definition) is 4. The zero-order chi connectivity index (χ0) is 18.7. The van der Waals surface area contributed by atoms with Crippen molar-refractivity contribution in [3.63, 3.8) is 0 Å². The standard InChI is InChI=1S/C20H21N3O3/c1-13-6-5-7-15(10-13)23-14(2)17(12-21-23)20(24)22-18-9-8-16(25-3)11-19(18)26-4/h5-12H,1-4H3,(H,22,24). The minimum absolute atomic E-state index is 0.245. The second-order valence-corrected chi connectivity index (χ2v) is 5.91. The highest BCUT2D eigenvalue weighted by atomic mass is 16.5. The van der Waals surface area contributed by atoms with E-state index in [1.807, 2.05) is 38.1 Å². The third-order valence-electron chi connectivity index (χ3n) is 4.16. The molecule has 1 heterocycles. The van der Waals surface area contributed by atoms with Crippen molar-refractivity contribution >= 4 is 11.6 Å².